The summed E-state index contributed by atoms with van der Waals surface area (Å²) in [7, 11) is 1.72. The van der Waals surface area contributed by atoms with Gasteiger partial charge < -0.3 is 10.5 Å². The van der Waals surface area contributed by atoms with Crippen molar-refractivity contribution in [3.05, 3.63) is 35.4 Å². The summed E-state index contributed by atoms with van der Waals surface area (Å²) in [5.41, 5.74) is 8.59. The molecule has 1 saturated carbocycles. The minimum atomic E-state index is 0.229. The lowest BCUT2D eigenvalue weighted by molar-refractivity contribution is 0.185. The summed E-state index contributed by atoms with van der Waals surface area (Å²) in [5.74, 6) is 0.716. The standard InChI is InChI=1S/C12H17NO/c1-14-8-9-3-2-4-11(7-9)12(13)10-5-6-10/h2-4,7,10,12H,5-6,8,13H2,1H3. The zero-order valence-corrected chi connectivity index (χ0v) is 8.57. The number of ether oxygens (including phenoxy) is 1. The molecule has 0 spiro atoms. The molecule has 1 aromatic rings. The summed E-state index contributed by atoms with van der Waals surface area (Å²) < 4.78 is 5.10. The van der Waals surface area contributed by atoms with Crippen molar-refractivity contribution in [1.82, 2.24) is 0 Å². The lowest BCUT2D eigenvalue weighted by Gasteiger charge is -2.11. The first-order valence-electron chi connectivity index (χ1n) is 5.14. The fourth-order valence-electron chi connectivity index (χ4n) is 1.78. The molecule has 1 aromatic carbocycles. The third-order valence-electron chi connectivity index (χ3n) is 2.78. The van der Waals surface area contributed by atoms with E-state index >= 15 is 0 Å². The maximum atomic E-state index is 6.12. The summed E-state index contributed by atoms with van der Waals surface area (Å²) in [6.45, 7) is 0.672. The van der Waals surface area contributed by atoms with E-state index in [0.717, 1.165) is 0 Å². The zero-order valence-electron chi connectivity index (χ0n) is 8.57. The molecule has 0 bridgehead atoms. The van der Waals surface area contributed by atoms with Crippen molar-refractivity contribution >= 4 is 0 Å². The second-order valence-corrected chi connectivity index (χ2v) is 4.04. The van der Waals surface area contributed by atoms with Gasteiger partial charge in [0.25, 0.3) is 0 Å². The van der Waals surface area contributed by atoms with E-state index in [0.29, 0.717) is 12.5 Å². The molecular formula is C12H17NO. The van der Waals surface area contributed by atoms with Gasteiger partial charge in [-0.1, -0.05) is 24.3 Å². The predicted molar refractivity (Wildman–Crippen MR) is 56.8 cm³/mol. The maximum absolute atomic E-state index is 6.12. The van der Waals surface area contributed by atoms with E-state index < -0.39 is 0 Å². The van der Waals surface area contributed by atoms with Crippen molar-refractivity contribution in [2.24, 2.45) is 11.7 Å². The predicted octanol–water partition coefficient (Wildman–Crippen LogP) is 2.24. The molecule has 1 aliphatic carbocycles. The molecule has 0 radical (unpaired) electrons. The smallest absolute Gasteiger partial charge is 0.0713 e. The third kappa shape index (κ3) is 2.14. The van der Waals surface area contributed by atoms with Crippen LogP contribution in [0.1, 0.15) is 30.0 Å². The highest BCUT2D eigenvalue weighted by atomic mass is 16.5. The summed E-state index contributed by atoms with van der Waals surface area (Å²) in [5, 5.41) is 0. The van der Waals surface area contributed by atoms with Crippen LogP contribution in [0.3, 0.4) is 0 Å². The highest BCUT2D eigenvalue weighted by Crippen LogP contribution is 2.39. The van der Waals surface area contributed by atoms with E-state index in [9.17, 15) is 0 Å². The Bertz CT molecular complexity index is 307. The van der Waals surface area contributed by atoms with E-state index in [-0.39, 0.29) is 6.04 Å². The van der Waals surface area contributed by atoms with Crippen LogP contribution in [0.5, 0.6) is 0 Å². The molecule has 2 nitrogen and oxygen atoms in total. The van der Waals surface area contributed by atoms with Crippen molar-refractivity contribution in [1.29, 1.82) is 0 Å². The van der Waals surface area contributed by atoms with Crippen LogP contribution >= 0.6 is 0 Å². The molecule has 1 aliphatic rings. The number of nitrogens with two attached hydrogens (primary N) is 1. The van der Waals surface area contributed by atoms with Gasteiger partial charge in [0.15, 0.2) is 0 Å². The first kappa shape index (κ1) is 9.69. The van der Waals surface area contributed by atoms with Gasteiger partial charge in [0.05, 0.1) is 6.61 Å². The monoisotopic (exact) mass is 191 g/mol. The number of methoxy groups -OCH3 is 1. The van der Waals surface area contributed by atoms with Gasteiger partial charge in [0.1, 0.15) is 0 Å². The topological polar surface area (TPSA) is 35.2 Å². The van der Waals surface area contributed by atoms with Crippen molar-refractivity contribution in [2.45, 2.75) is 25.5 Å². The van der Waals surface area contributed by atoms with Crippen LogP contribution < -0.4 is 5.73 Å². The Balaban J connectivity index is 2.12. The van der Waals surface area contributed by atoms with Gasteiger partial charge in [-0.25, -0.2) is 0 Å². The third-order valence-corrected chi connectivity index (χ3v) is 2.78. The maximum Gasteiger partial charge on any atom is 0.0713 e. The van der Waals surface area contributed by atoms with Crippen LogP contribution in [-0.4, -0.2) is 7.11 Å². The molecule has 76 valence electrons. The molecule has 0 aromatic heterocycles. The highest BCUT2D eigenvalue weighted by Gasteiger charge is 2.29. The first-order chi connectivity index (χ1) is 6.81. The van der Waals surface area contributed by atoms with E-state index in [2.05, 4.69) is 24.3 Å². The SMILES string of the molecule is COCc1cccc(C(N)C2CC2)c1. The lowest BCUT2D eigenvalue weighted by atomic mass is 10.0. The quantitative estimate of drug-likeness (QED) is 0.792. The van der Waals surface area contributed by atoms with Crippen molar-refractivity contribution in [3.8, 4) is 0 Å². The van der Waals surface area contributed by atoms with Crippen LogP contribution in [0.25, 0.3) is 0 Å². The summed E-state index contributed by atoms with van der Waals surface area (Å²) in [6, 6.07) is 8.64. The second kappa shape index (κ2) is 4.11. The number of hydrogen-bond acceptors (Lipinski definition) is 2. The molecule has 1 fully saturated rings. The Morgan fingerprint density at radius 3 is 2.93 bits per heavy atom. The first-order valence-corrected chi connectivity index (χ1v) is 5.14. The van der Waals surface area contributed by atoms with Crippen molar-refractivity contribution < 1.29 is 4.74 Å². The van der Waals surface area contributed by atoms with Crippen molar-refractivity contribution in [3.63, 3.8) is 0 Å². The van der Waals surface area contributed by atoms with Gasteiger partial charge in [-0.3, -0.25) is 0 Å². The fraction of sp³-hybridized carbons (Fsp3) is 0.500. The summed E-state index contributed by atoms with van der Waals surface area (Å²) in [6.07, 6.45) is 2.57. The van der Waals surface area contributed by atoms with E-state index in [4.69, 9.17) is 10.5 Å². The molecule has 2 N–H and O–H groups in total. The molecule has 0 heterocycles. The molecule has 0 amide bonds. The van der Waals surface area contributed by atoms with Gasteiger partial charge in [-0.2, -0.15) is 0 Å². The summed E-state index contributed by atoms with van der Waals surface area (Å²) >= 11 is 0. The minimum Gasteiger partial charge on any atom is -0.380 e. The molecule has 0 saturated heterocycles. The zero-order chi connectivity index (χ0) is 9.97. The van der Waals surface area contributed by atoms with Crippen LogP contribution in [0.2, 0.25) is 0 Å². The Labute approximate surface area is 85.1 Å². The van der Waals surface area contributed by atoms with Gasteiger partial charge >= 0.3 is 0 Å². The average Bonchev–Trinajstić information content (AvgIpc) is 3.01. The normalized spacial score (nSPS) is 18.1. The van der Waals surface area contributed by atoms with Crippen LogP contribution in [0, 0.1) is 5.92 Å². The molecular weight excluding hydrogens is 174 g/mol. The Hall–Kier alpha value is -0.860. The van der Waals surface area contributed by atoms with Crippen molar-refractivity contribution in [2.75, 3.05) is 7.11 Å². The summed E-state index contributed by atoms with van der Waals surface area (Å²) in [4.78, 5) is 0. The number of rotatable bonds is 4. The van der Waals surface area contributed by atoms with Gasteiger partial charge in [0, 0.05) is 13.2 Å². The molecule has 2 heteroatoms. The lowest BCUT2D eigenvalue weighted by Crippen LogP contribution is -2.12. The van der Waals surface area contributed by atoms with E-state index in [1.54, 1.807) is 7.11 Å². The fourth-order valence-corrected chi connectivity index (χ4v) is 1.78. The van der Waals surface area contributed by atoms with E-state index in [1.807, 2.05) is 0 Å². The number of hydrogen-bond donors (Lipinski definition) is 1. The van der Waals surface area contributed by atoms with Gasteiger partial charge in [-0.05, 0) is 29.9 Å². The number of benzene rings is 1. The highest BCUT2D eigenvalue weighted by molar-refractivity contribution is 5.26. The Morgan fingerprint density at radius 1 is 1.50 bits per heavy atom. The van der Waals surface area contributed by atoms with Gasteiger partial charge in [0.2, 0.25) is 0 Å². The van der Waals surface area contributed by atoms with Crippen LogP contribution in [-0.2, 0) is 11.3 Å². The molecule has 1 atom stereocenters. The largest absolute Gasteiger partial charge is 0.380 e. The second-order valence-electron chi connectivity index (χ2n) is 4.04. The molecule has 14 heavy (non-hydrogen) atoms. The molecule has 2 rings (SSSR count). The van der Waals surface area contributed by atoms with Crippen LogP contribution in [0.4, 0.5) is 0 Å². The Morgan fingerprint density at radius 2 is 2.29 bits per heavy atom. The average molecular weight is 191 g/mol. The van der Waals surface area contributed by atoms with Gasteiger partial charge in [-0.15, -0.1) is 0 Å². The molecule has 1 unspecified atom stereocenters. The molecule has 0 aliphatic heterocycles. The van der Waals surface area contributed by atoms with E-state index in [1.165, 1.54) is 24.0 Å². The Kier molecular flexibility index (Phi) is 2.85. The minimum absolute atomic E-state index is 0.229. The van der Waals surface area contributed by atoms with Crippen LogP contribution in [0.15, 0.2) is 24.3 Å².